The Labute approximate surface area is 186 Å². The second-order valence-corrected chi connectivity index (χ2v) is 8.17. The molecule has 0 aromatic heterocycles. The summed E-state index contributed by atoms with van der Waals surface area (Å²) in [5.74, 6) is 0.716. The molecule has 1 fully saturated rings. The van der Waals surface area contributed by atoms with Crippen molar-refractivity contribution in [3.63, 3.8) is 0 Å². The largest absolute Gasteiger partial charge is 0.504 e. The number of aromatic hydroxyl groups is 1. The zero-order valence-electron chi connectivity index (χ0n) is 17.8. The molecule has 1 aliphatic heterocycles. The average molecular weight is 440 g/mol. The predicted octanol–water partition coefficient (Wildman–Crippen LogP) is 4.86. The third kappa shape index (κ3) is 5.11. The standard InChI is InChI=1S/C24H25NO5S/c1-5-6-18-12-17(13-20(29-4)22(18)26)14-21-23(27)25(24(28)31-21)9-10-30-19-11-15(2)7-8-16(19)3/h5,7-8,11-14,26H,1,6,9-10H2,2-4H3/b21-14-. The number of imide groups is 1. The van der Waals surface area contributed by atoms with Crippen LogP contribution in [0.3, 0.4) is 0 Å². The van der Waals surface area contributed by atoms with Gasteiger partial charge in [-0.25, -0.2) is 0 Å². The lowest BCUT2D eigenvalue weighted by molar-refractivity contribution is -0.123. The number of hydrogen-bond acceptors (Lipinski definition) is 6. The quantitative estimate of drug-likeness (QED) is 0.468. The first kappa shape index (κ1) is 22.5. The van der Waals surface area contributed by atoms with Gasteiger partial charge in [-0.2, -0.15) is 0 Å². The van der Waals surface area contributed by atoms with Crippen molar-refractivity contribution in [1.82, 2.24) is 4.90 Å². The molecule has 1 N–H and O–H groups in total. The van der Waals surface area contributed by atoms with Crippen molar-refractivity contribution in [2.75, 3.05) is 20.3 Å². The van der Waals surface area contributed by atoms with Crippen molar-refractivity contribution in [2.45, 2.75) is 20.3 Å². The first-order valence-corrected chi connectivity index (χ1v) is 10.6. The number of benzene rings is 2. The topological polar surface area (TPSA) is 76.1 Å². The molecule has 1 aliphatic rings. The highest BCUT2D eigenvalue weighted by atomic mass is 32.2. The van der Waals surface area contributed by atoms with E-state index in [-0.39, 0.29) is 30.0 Å². The molecule has 2 aromatic carbocycles. The van der Waals surface area contributed by atoms with Crippen LogP contribution >= 0.6 is 11.8 Å². The van der Waals surface area contributed by atoms with Crippen molar-refractivity contribution in [2.24, 2.45) is 0 Å². The Morgan fingerprint density at radius 1 is 1.16 bits per heavy atom. The summed E-state index contributed by atoms with van der Waals surface area (Å²) in [5, 5.41) is 9.89. The summed E-state index contributed by atoms with van der Waals surface area (Å²) in [6.45, 7) is 7.99. The highest BCUT2D eigenvalue weighted by Crippen LogP contribution is 2.36. The molecule has 0 unspecified atom stereocenters. The van der Waals surface area contributed by atoms with E-state index in [0.29, 0.717) is 28.2 Å². The minimum atomic E-state index is -0.364. The molecule has 7 heteroatoms. The van der Waals surface area contributed by atoms with Gasteiger partial charge >= 0.3 is 0 Å². The summed E-state index contributed by atoms with van der Waals surface area (Å²) < 4.78 is 11.0. The number of rotatable bonds is 8. The molecular weight excluding hydrogens is 414 g/mol. The zero-order valence-corrected chi connectivity index (χ0v) is 18.6. The summed E-state index contributed by atoms with van der Waals surface area (Å²) in [7, 11) is 1.46. The van der Waals surface area contributed by atoms with Crippen LogP contribution < -0.4 is 9.47 Å². The molecule has 0 bridgehead atoms. The number of allylic oxidation sites excluding steroid dienone is 1. The fourth-order valence-electron chi connectivity index (χ4n) is 3.19. The Balaban J connectivity index is 1.73. The predicted molar refractivity (Wildman–Crippen MR) is 123 cm³/mol. The zero-order chi connectivity index (χ0) is 22.5. The van der Waals surface area contributed by atoms with Gasteiger partial charge in [-0.3, -0.25) is 14.5 Å². The van der Waals surface area contributed by atoms with Gasteiger partial charge in [0.2, 0.25) is 0 Å². The van der Waals surface area contributed by atoms with Gasteiger partial charge in [0.25, 0.3) is 11.1 Å². The van der Waals surface area contributed by atoms with Crippen molar-refractivity contribution in [3.8, 4) is 17.2 Å². The van der Waals surface area contributed by atoms with Crippen molar-refractivity contribution < 1.29 is 24.2 Å². The maximum atomic E-state index is 12.8. The summed E-state index contributed by atoms with van der Waals surface area (Å²) in [6, 6.07) is 9.28. The number of carbonyl (C=O) groups excluding carboxylic acids is 2. The van der Waals surface area contributed by atoms with E-state index in [1.165, 1.54) is 12.0 Å². The molecule has 0 saturated carbocycles. The molecular formula is C24H25NO5S. The van der Waals surface area contributed by atoms with E-state index in [1.807, 2.05) is 32.0 Å². The number of phenolic OH excluding ortho intramolecular Hbond substituents is 1. The lowest BCUT2D eigenvalue weighted by Crippen LogP contribution is -2.32. The lowest BCUT2D eigenvalue weighted by Gasteiger charge is -2.14. The van der Waals surface area contributed by atoms with Gasteiger partial charge in [-0.1, -0.05) is 18.2 Å². The maximum Gasteiger partial charge on any atom is 0.293 e. The van der Waals surface area contributed by atoms with E-state index < -0.39 is 0 Å². The molecule has 0 spiro atoms. The molecule has 1 heterocycles. The Morgan fingerprint density at radius 2 is 1.94 bits per heavy atom. The van der Waals surface area contributed by atoms with Gasteiger partial charge in [0.05, 0.1) is 18.6 Å². The highest BCUT2D eigenvalue weighted by Gasteiger charge is 2.35. The molecule has 1 saturated heterocycles. The Bertz CT molecular complexity index is 1060. The second kappa shape index (κ2) is 9.75. The highest BCUT2D eigenvalue weighted by molar-refractivity contribution is 8.18. The first-order chi connectivity index (χ1) is 14.8. The Morgan fingerprint density at radius 3 is 2.65 bits per heavy atom. The molecule has 2 aromatic rings. The van der Waals surface area contributed by atoms with Gasteiger partial charge in [0.15, 0.2) is 11.5 Å². The van der Waals surface area contributed by atoms with Crippen LogP contribution in [0.4, 0.5) is 4.79 Å². The molecule has 0 aliphatic carbocycles. The fraction of sp³-hybridized carbons (Fsp3) is 0.250. The van der Waals surface area contributed by atoms with Crippen LogP contribution in [-0.2, 0) is 11.2 Å². The number of hydrogen-bond donors (Lipinski definition) is 1. The van der Waals surface area contributed by atoms with Crippen LogP contribution in [0.1, 0.15) is 22.3 Å². The SMILES string of the molecule is C=CCc1cc(/C=C2\SC(=O)N(CCOc3cc(C)ccc3C)C2=O)cc(OC)c1O. The van der Waals surface area contributed by atoms with Gasteiger partial charge in [0.1, 0.15) is 12.4 Å². The maximum absolute atomic E-state index is 12.8. The van der Waals surface area contributed by atoms with E-state index in [9.17, 15) is 14.7 Å². The molecule has 0 radical (unpaired) electrons. The molecule has 162 valence electrons. The first-order valence-electron chi connectivity index (χ1n) is 9.80. The normalized spacial score (nSPS) is 14.9. The van der Waals surface area contributed by atoms with Crippen molar-refractivity contribution >= 4 is 29.0 Å². The average Bonchev–Trinajstić information content (AvgIpc) is 3.00. The summed E-state index contributed by atoms with van der Waals surface area (Å²) in [5.41, 5.74) is 3.36. The van der Waals surface area contributed by atoms with Crippen LogP contribution in [0.15, 0.2) is 47.9 Å². The van der Waals surface area contributed by atoms with E-state index in [1.54, 1.807) is 24.3 Å². The van der Waals surface area contributed by atoms with Crippen molar-refractivity contribution in [3.05, 3.63) is 70.1 Å². The number of thioether (sulfide) groups is 1. The van der Waals surface area contributed by atoms with Gasteiger partial charge in [-0.05, 0) is 73.0 Å². The van der Waals surface area contributed by atoms with Gasteiger partial charge in [0, 0.05) is 5.56 Å². The van der Waals surface area contributed by atoms with Crippen LogP contribution in [-0.4, -0.2) is 41.4 Å². The van der Waals surface area contributed by atoms with Crippen LogP contribution in [0.2, 0.25) is 0 Å². The molecule has 2 amide bonds. The van der Waals surface area contributed by atoms with Crippen molar-refractivity contribution in [1.29, 1.82) is 0 Å². The minimum Gasteiger partial charge on any atom is -0.504 e. The summed E-state index contributed by atoms with van der Waals surface area (Å²) >= 11 is 0.885. The molecule has 6 nitrogen and oxygen atoms in total. The number of carbonyl (C=O) groups is 2. The van der Waals surface area contributed by atoms with Crippen LogP contribution in [0, 0.1) is 13.8 Å². The Kier molecular flexibility index (Phi) is 7.07. The van der Waals surface area contributed by atoms with Crippen LogP contribution in [0.5, 0.6) is 17.2 Å². The third-order valence-electron chi connectivity index (χ3n) is 4.85. The Hall–Kier alpha value is -3.19. The lowest BCUT2D eigenvalue weighted by atomic mass is 10.1. The molecule has 3 rings (SSSR count). The number of amides is 2. The van der Waals surface area contributed by atoms with Gasteiger partial charge in [-0.15, -0.1) is 6.58 Å². The number of ether oxygens (including phenoxy) is 2. The number of phenols is 1. The van der Waals surface area contributed by atoms with E-state index in [2.05, 4.69) is 6.58 Å². The number of aryl methyl sites for hydroxylation is 2. The third-order valence-corrected chi connectivity index (χ3v) is 5.76. The number of methoxy groups -OCH3 is 1. The monoisotopic (exact) mass is 439 g/mol. The van der Waals surface area contributed by atoms with E-state index >= 15 is 0 Å². The fourth-order valence-corrected chi connectivity index (χ4v) is 4.06. The van der Waals surface area contributed by atoms with E-state index in [0.717, 1.165) is 28.6 Å². The van der Waals surface area contributed by atoms with E-state index in [4.69, 9.17) is 9.47 Å². The van der Waals surface area contributed by atoms with Gasteiger partial charge < -0.3 is 14.6 Å². The van der Waals surface area contributed by atoms with Crippen LogP contribution in [0.25, 0.3) is 6.08 Å². The molecule has 0 atom stereocenters. The summed E-state index contributed by atoms with van der Waals surface area (Å²) in [6.07, 6.45) is 3.74. The number of nitrogens with zero attached hydrogens (tertiary/aromatic N) is 1. The second-order valence-electron chi connectivity index (χ2n) is 7.17. The summed E-state index contributed by atoms with van der Waals surface area (Å²) in [4.78, 5) is 26.7. The molecule has 31 heavy (non-hydrogen) atoms. The minimum absolute atomic E-state index is 0.0382. The smallest absolute Gasteiger partial charge is 0.293 e.